The fourth-order valence-corrected chi connectivity index (χ4v) is 3.02. The Bertz CT molecular complexity index is 803. The van der Waals surface area contributed by atoms with Gasteiger partial charge in [0.2, 0.25) is 11.1 Å². The van der Waals surface area contributed by atoms with E-state index in [0.717, 1.165) is 12.0 Å². The minimum absolute atomic E-state index is 0.0361. The minimum atomic E-state index is -0.0615. The standard InChI is InChI=1S/C16H16ClN5OS/c1-2-13(11-4-6-12(17)7-5-11)19-14(23)10-24-16-20-15-18-8-3-9-22(15)21-16/h3-9,13H,2,10H2,1H3,(H,19,23). The van der Waals surface area contributed by atoms with Crippen LogP contribution in [0.2, 0.25) is 5.02 Å². The summed E-state index contributed by atoms with van der Waals surface area (Å²) in [5.41, 5.74) is 1.04. The summed E-state index contributed by atoms with van der Waals surface area (Å²) in [5, 5.41) is 8.50. The van der Waals surface area contributed by atoms with Crippen molar-refractivity contribution in [3.63, 3.8) is 0 Å². The molecule has 0 aliphatic rings. The van der Waals surface area contributed by atoms with Crippen LogP contribution in [-0.2, 0) is 4.79 Å². The molecule has 0 bridgehead atoms. The first-order chi connectivity index (χ1) is 11.7. The number of nitrogens with one attached hydrogen (secondary N) is 1. The molecule has 1 N–H and O–H groups in total. The van der Waals surface area contributed by atoms with Crippen molar-refractivity contribution in [1.29, 1.82) is 0 Å². The molecule has 2 heterocycles. The van der Waals surface area contributed by atoms with E-state index in [9.17, 15) is 4.79 Å². The zero-order valence-electron chi connectivity index (χ0n) is 13.0. The van der Waals surface area contributed by atoms with Crippen molar-refractivity contribution in [3.05, 3.63) is 53.3 Å². The summed E-state index contributed by atoms with van der Waals surface area (Å²) in [6, 6.07) is 9.26. The maximum absolute atomic E-state index is 12.2. The highest BCUT2D eigenvalue weighted by Crippen LogP contribution is 2.20. The van der Waals surface area contributed by atoms with E-state index in [0.29, 0.717) is 16.0 Å². The minimum Gasteiger partial charge on any atom is -0.349 e. The van der Waals surface area contributed by atoms with Crippen LogP contribution in [0, 0.1) is 0 Å². The molecular weight excluding hydrogens is 346 g/mol. The molecule has 1 aromatic carbocycles. The average molecular weight is 362 g/mol. The Hall–Kier alpha value is -2.12. The summed E-state index contributed by atoms with van der Waals surface area (Å²) >= 11 is 7.19. The van der Waals surface area contributed by atoms with Gasteiger partial charge in [-0.15, -0.1) is 5.10 Å². The number of hydrogen-bond donors (Lipinski definition) is 1. The van der Waals surface area contributed by atoms with Crippen LogP contribution in [0.25, 0.3) is 5.78 Å². The number of nitrogens with zero attached hydrogens (tertiary/aromatic N) is 4. The fraction of sp³-hybridized carbons (Fsp3) is 0.250. The van der Waals surface area contributed by atoms with Crippen molar-refractivity contribution in [3.8, 4) is 0 Å². The Kier molecular flexibility index (Phi) is 5.32. The van der Waals surface area contributed by atoms with Gasteiger partial charge in [-0.25, -0.2) is 9.50 Å². The van der Waals surface area contributed by atoms with Crippen molar-refractivity contribution in [2.45, 2.75) is 24.5 Å². The molecule has 0 spiro atoms. The lowest BCUT2D eigenvalue weighted by atomic mass is 10.0. The summed E-state index contributed by atoms with van der Waals surface area (Å²) in [4.78, 5) is 20.6. The maximum atomic E-state index is 12.2. The third kappa shape index (κ3) is 4.04. The highest BCUT2D eigenvalue weighted by Gasteiger charge is 2.14. The van der Waals surface area contributed by atoms with Gasteiger partial charge in [0, 0.05) is 17.4 Å². The number of halogens is 1. The van der Waals surface area contributed by atoms with Crippen molar-refractivity contribution >= 4 is 35.0 Å². The lowest BCUT2D eigenvalue weighted by Crippen LogP contribution is -2.29. The van der Waals surface area contributed by atoms with Crippen LogP contribution in [0.15, 0.2) is 47.9 Å². The Labute approximate surface area is 148 Å². The zero-order valence-corrected chi connectivity index (χ0v) is 14.6. The SMILES string of the molecule is CCC(NC(=O)CSc1nc2ncccn2n1)c1ccc(Cl)cc1. The van der Waals surface area contributed by atoms with E-state index in [4.69, 9.17) is 11.6 Å². The van der Waals surface area contributed by atoms with Gasteiger partial charge in [-0.2, -0.15) is 4.98 Å². The lowest BCUT2D eigenvalue weighted by molar-refractivity contribution is -0.119. The highest BCUT2D eigenvalue weighted by molar-refractivity contribution is 7.99. The van der Waals surface area contributed by atoms with Gasteiger partial charge in [-0.3, -0.25) is 4.79 Å². The fourth-order valence-electron chi connectivity index (χ4n) is 2.26. The number of amides is 1. The summed E-state index contributed by atoms with van der Waals surface area (Å²) < 4.78 is 1.59. The normalized spacial score (nSPS) is 12.2. The van der Waals surface area contributed by atoms with Crippen molar-refractivity contribution in [2.75, 3.05) is 5.75 Å². The van der Waals surface area contributed by atoms with Gasteiger partial charge in [0.1, 0.15) is 0 Å². The van der Waals surface area contributed by atoms with Crippen molar-refractivity contribution < 1.29 is 4.79 Å². The van der Waals surface area contributed by atoms with E-state index < -0.39 is 0 Å². The van der Waals surface area contributed by atoms with Crippen LogP contribution in [0.1, 0.15) is 24.9 Å². The number of thioether (sulfide) groups is 1. The zero-order chi connectivity index (χ0) is 16.9. The first kappa shape index (κ1) is 16.7. The molecule has 1 atom stereocenters. The number of carbonyl (C=O) groups excluding carboxylic acids is 1. The van der Waals surface area contributed by atoms with Gasteiger partial charge in [0.15, 0.2) is 0 Å². The van der Waals surface area contributed by atoms with Gasteiger partial charge in [-0.05, 0) is 30.2 Å². The topological polar surface area (TPSA) is 72.2 Å². The number of benzene rings is 1. The van der Waals surface area contributed by atoms with Gasteiger partial charge >= 0.3 is 0 Å². The van der Waals surface area contributed by atoms with Crippen LogP contribution < -0.4 is 5.32 Å². The first-order valence-electron chi connectivity index (χ1n) is 7.50. The number of carbonyl (C=O) groups is 1. The monoisotopic (exact) mass is 361 g/mol. The molecule has 2 aromatic heterocycles. The smallest absolute Gasteiger partial charge is 0.253 e. The van der Waals surface area contributed by atoms with Crippen molar-refractivity contribution in [1.82, 2.24) is 24.9 Å². The molecule has 8 heteroatoms. The number of rotatable bonds is 6. The van der Waals surface area contributed by atoms with Crippen LogP contribution in [-0.4, -0.2) is 31.2 Å². The third-order valence-electron chi connectivity index (χ3n) is 3.45. The summed E-state index contributed by atoms with van der Waals surface area (Å²) in [6.45, 7) is 2.03. The summed E-state index contributed by atoms with van der Waals surface area (Å²) in [6.07, 6.45) is 4.23. The summed E-state index contributed by atoms with van der Waals surface area (Å²) in [5.74, 6) is 0.711. The maximum Gasteiger partial charge on any atom is 0.253 e. The van der Waals surface area contributed by atoms with Gasteiger partial charge in [0.25, 0.3) is 5.78 Å². The quantitative estimate of drug-likeness (QED) is 0.683. The third-order valence-corrected chi connectivity index (χ3v) is 4.54. The Morgan fingerprint density at radius 1 is 1.38 bits per heavy atom. The number of fused-ring (bicyclic) bond motifs is 1. The average Bonchev–Trinajstić information content (AvgIpc) is 3.02. The summed E-state index contributed by atoms with van der Waals surface area (Å²) in [7, 11) is 0. The number of hydrogen-bond acceptors (Lipinski definition) is 5. The molecule has 1 amide bonds. The van der Waals surface area contributed by atoms with E-state index in [2.05, 4.69) is 20.4 Å². The molecule has 124 valence electrons. The predicted octanol–water partition coefficient (Wildman–Crippen LogP) is 3.14. The molecule has 6 nitrogen and oxygen atoms in total. The molecule has 0 aliphatic heterocycles. The largest absolute Gasteiger partial charge is 0.349 e. The molecule has 0 radical (unpaired) electrons. The molecule has 0 aliphatic carbocycles. The second kappa shape index (κ2) is 7.63. The number of aromatic nitrogens is 4. The molecule has 0 saturated carbocycles. The van der Waals surface area contributed by atoms with E-state index in [1.807, 2.05) is 31.2 Å². The molecule has 24 heavy (non-hydrogen) atoms. The Morgan fingerprint density at radius 3 is 2.88 bits per heavy atom. The lowest BCUT2D eigenvalue weighted by Gasteiger charge is -2.17. The molecule has 0 fully saturated rings. The van der Waals surface area contributed by atoms with E-state index >= 15 is 0 Å². The van der Waals surface area contributed by atoms with E-state index in [1.165, 1.54) is 11.8 Å². The highest BCUT2D eigenvalue weighted by atomic mass is 35.5. The van der Waals surface area contributed by atoms with E-state index in [1.54, 1.807) is 23.0 Å². The Morgan fingerprint density at radius 2 is 2.17 bits per heavy atom. The van der Waals surface area contributed by atoms with Gasteiger partial charge < -0.3 is 5.32 Å². The van der Waals surface area contributed by atoms with Crippen LogP contribution in [0.3, 0.4) is 0 Å². The molecule has 1 unspecified atom stereocenters. The molecule has 3 aromatic rings. The first-order valence-corrected chi connectivity index (χ1v) is 8.87. The molecule has 0 saturated heterocycles. The second-order valence-corrected chi connectivity index (χ2v) is 6.51. The van der Waals surface area contributed by atoms with E-state index in [-0.39, 0.29) is 17.7 Å². The van der Waals surface area contributed by atoms with Gasteiger partial charge in [-0.1, -0.05) is 42.4 Å². The Balaban J connectivity index is 1.58. The molecular formula is C16H16ClN5OS. The van der Waals surface area contributed by atoms with Crippen LogP contribution in [0.5, 0.6) is 0 Å². The van der Waals surface area contributed by atoms with Crippen molar-refractivity contribution in [2.24, 2.45) is 0 Å². The van der Waals surface area contributed by atoms with Gasteiger partial charge in [0.05, 0.1) is 11.8 Å². The van der Waals surface area contributed by atoms with Crippen LogP contribution in [0.4, 0.5) is 0 Å². The molecule has 3 rings (SSSR count). The second-order valence-electron chi connectivity index (χ2n) is 5.13. The van der Waals surface area contributed by atoms with Crippen LogP contribution >= 0.6 is 23.4 Å². The predicted molar refractivity (Wildman–Crippen MR) is 94.1 cm³/mol.